The van der Waals surface area contributed by atoms with Crippen LogP contribution in [-0.2, 0) is 0 Å². The zero-order chi connectivity index (χ0) is 18.7. The number of hydrogen-bond donors (Lipinski definition) is 1. The summed E-state index contributed by atoms with van der Waals surface area (Å²) >= 11 is 12.1. The summed E-state index contributed by atoms with van der Waals surface area (Å²) in [5, 5.41) is 19.6. The molecule has 0 saturated carbocycles. The molecule has 1 heterocycles. The Labute approximate surface area is 160 Å². The Kier molecular flexibility index (Phi) is 5.13. The Morgan fingerprint density at radius 1 is 1.12 bits per heavy atom. The highest BCUT2D eigenvalue weighted by Gasteiger charge is 2.10. The van der Waals surface area contributed by atoms with Gasteiger partial charge in [-0.2, -0.15) is 5.26 Å². The maximum atomic E-state index is 11.2. The summed E-state index contributed by atoms with van der Waals surface area (Å²) in [5.74, 6) is -0.998. The molecule has 0 fully saturated rings. The van der Waals surface area contributed by atoms with Crippen LogP contribution in [0.2, 0.25) is 10.0 Å². The lowest BCUT2D eigenvalue weighted by Crippen LogP contribution is -2.00. The van der Waals surface area contributed by atoms with Crippen molar-refractivity contribution >= 4 is 40.8 Å². The minimum absolute atomic E-state index is 0.187. The van der Waals surface area contributed by atoms with Gasteiger partial charge in [0.15, 0.2) is 0 Å². The van der Waals surface area contributed by atoms with Gasteiger partial charge in [0.2, 0.25) is 0 Å². The maximum Gasteiger partial charge on any atom is 0.335 e. The molecule has 1 N–H and O–H groups in total. The highest BCUT2D eigenvalue weighted by Crippen LogP contribution is 2.28. The summed E-state index contributed by atoms with van der Waals surface area (Å²) in [4.78, 5) is 11.2. The van der Waals surface area contributed by atoms with Crippen LogP contribution in [0.1, 0.15) is 21.6 Å². The number of aromatic carboxylic acids is 1. The molecule has 3 rings (SSSR count). The second kappa shape index (κ2) is 7.49. The summed E-state index contributed by atoms with van der Waals surface area (Å²) in [5.41, 5.74) is 2.54. The average molecular weight is 383 g/mol. The topological polar surface area (TPSA) is 66.0 Å². The van der Waals surface area contributed by atoms with E-state index in [2.05, 4.69) is 6.07 Å². The van der Waals surface area contributed by atoms with Crippen LogP contribution in [0.3, 0.4) is 0 Å². The molecule has 0 spiro atoms. The van der Waals surface area contributed by atoms with Crippen molar-refractivity contribution in [2.45, 2.75) is 0 Å². The van der Waals surface area contributed by atoms with Gasteiger partial charge < -0.3 is 9.67 Å². The molecule has 0 bridgehead atoms. The molecule has 6 heteroatoms. The molecule has 26 heavy (non-hydrogen) atoms. The highest BCUT2D eigenvalue weighted by molar-refractivity contribution is 6.36. The maximum absolute atomic E-state index is 11.2. The van der Waals surface area contributed by atoms with Crippen LogP contribution in [0, 0.1) is 11.3 Å². The van der Waals surface area contributed by atoms with Crippen molar-refractivity contribution in [3.8, 4) is 11.8 Å². The lowest BCUT2D eigenvalue weighted by Gasteiger charge is -2.09. The van der Waals surface area contributed by atoms with E-state index >= 15 is 0 Å². The first-order valence-corrected chi connectivity index (χ1v) is 8.33. The van der Waals surface area contributed by atoms with Crippen LogP contribution in [0.25, 0.3) is 17.3 Å². The summed E-state index contributed by atoms with van der Waals surface area (Å²) in [6.07, 6.45) is 3.49. The van der Waals surface area contributed by atoms with Crippen molar-refractivity contribution in [1.29, 1.82) is 5.26 Å². The summed E-state index contributed by atoms with van der Waals surface area (Å²) in [6.45, 7) is 0. The summed E-state index contributed by atoms with van der Waals surface area (Å²) in [7, 11) is 0. The van der Waals surface area contributed by atoms with E-state index in [-0.39, 0.29) is 5.56 Å². The minimum atomic E-state index is -0.998. The predicted molar refractivity (Wildman–Crippen MR) is 103 cm³/mol. The molecule has 4 nitrogen and oxygen atoms in total. The Balaban J connectivity index is 2.07. The summed E-state index contributed by atoms with van der Waals surface area (Å²) in [6, 6.07) is 17.3. The number of carbonyl (C=O) groups is 1. The van der Waals surface area contributed by atoms with Gasteiger partial charge in [0, 0.05) is 28.2 Å². The number of carboxylic acids is 1. The molecule has 0 saturated heterocycles. The monoisotopic (exact) mass is 382 g/mol. The van der Waals surface area contributed by atoms with E-state index in [1.54, 1.807) is 53.2 Å². The number of hydrogen-bond acceptors (Lipinski definition) is 2. The third-order valence-electron chi connectivity index (χ3n) is 3.79. The van der Waals surface area contributed by atoms with E-state index in [0.717, 1.165) is 5.69 Å². The molecule has 0 amide bonds. The molecule has 3 aromatic rings. The van der Waals surface area contributed by atoms with Gasteiger partial charge >= 0.3 is 5.97 Å². The summed E-state index contributed by atoms with van der Waals surface area (Å²) < 4.78 is 1.80. The fourth-order valence-electron chi connectivity index (χ4n) is 2.56. The zero-order valence-electron chi connectivity index (χ0n) is 13.4. The predicted octanol–water partition coefficient (Wildman–Crippen LogP) is 5.55. The van der Waals surface area contributed by atoms with Gasteiger partial charge in [-0.05, 0) is 48.5 Å². The zero-order valence-corrected chi connectivity index (χ0v) is 14.9. The SMILES string of the molecule is N#C/C(=C/c1cccn1-c1cccc(C(=O)O)c1)c1ccc(Cl)cc1Cl. The number of benzene rings is 2. The Hall–Kier alpha value is -3.00. The highest BCUT2D eigenvalue weighted by atomic mass is 35.5. The van der Waals surface area contributed by atoms with E-state index < -0.39 is 5.97 Å². The normalized spacial score (nSPS) is 11.2. The van der Waals surface area contributed by atoms with E-state index in [0.29, 0.717) is 26.9 Å². The van der Waals surface area contributed by atoms with Crippen LogP contribution < -0.4 is 0 Å². The van der Waals surface area contributed by atoms with Gasteiger partial charge in [-0.1, -0.05) is 35.3 Å². The van der Waals surface area contributed by atoms with E-state index in [1.807, 2.05) is 12.1 Å². The quantitative estimate of drug-likeness (QED) is 0.601. The minimum Gasteiger partial charge on any atom is -0.478 e. The third-order valence-corrected chi connectivity index (χ3v) is 4.33. The van der Waals surface area contributed by atoms with Crippen molar-refractivity contribution in [1.82, 2.24) is 4.57 Å². The number of allylic oxidation sites excluding steroid dienone is 1. The number of aromatic nitrogens is 1. The second-order valence-corrected chi connectivity index (χ2v) is 6.30. The second-order valence-electron chi connectivity index (χ2n) is 5.45. The molecule has 0 aliphatic rings. The molecular weight excluding hydrogens is 371 g/mol. The molecular formula is C20H12Cl2N2O2. The van der Waals surface area contributed by atoms with Crippen LogP contribution in [-0.4, -0.2) is 15.6 Å². The van der Waals surface area contributed by atoms with Gasteiger partial charge in [-0.3, -0.25) is 0 Å². The van der Waals surface area contributed by atoms with Gasteiger partial charge in [-0.15, -0.1) is 0 Å². The Morgan fingerprint density at radius 3 is 2.62 bits per heavy atom. The largest absolute Gasteiger partial charge is 0.478 e. The van der Waals surface area contributed by atoms with Crippen molar-refractivity contribution in [3.05, 3.63) is 87.7 Å². The number of nitrogens with zero attached hydrogens (tertiary/aromatic N) is 2. The van der Waals surface area contributed by atoms with Gasteiger partial charge in [0.1, 0.15) is 0 Å². The lowest BCUT2D eigenvalue weighted by molar-refractivity contribution is 0.0697. The molecule has 0 unspecified atom stereocenters. The van der Waals surface area contributed by atoms with Gasteiger partial charge in [0.25, 0.3) is 0 Å². The van der Waals surface area contributed by atoms with Crippen molar-refractivity contribution < 1.29 is 9.90 Å². The lowest BCUT2D eigenvalue weighted by atomic mass is 10.1. The standard InChI is InChI=1S/C20H12Cl2N2O2/c21-15-6-7-18(19(22)11-15)14(12-23)10-17-5-2-8-24(17)16-4-1-3-13(9-16)20(25)26/h1-11H,(H,25,26)/b14-10-. The van der Waals surface area contributed by atoms with E-state index in [9.17, 15) is 15.2 Å². The Bertz CT molecular complexity index is 1060. The first-order chi connectivity index (χ1) is 12.5. The van der Waals surface area contributed by atoms with Crippen LogP contribution in [0.15, 0.2) is 60.8 Å². The fraction of sp³-hybridized carbons (Fsp3) is 0. The van der Waals surface area contributed by atoms with E-state index in [1.165, 1.54) is 6.07 Å². The Morgan fingerprint density at radius 2 is 1.92 bits per heavy atom. The van der Waals surface area contributed by atoms with Crippen LogP contribution in [0.5, 0.6) is 0 Å². The van der Waals surface area contributed by atoms with Crippen molar-refractivity contribution in [3.63, 3.8) is 0 Å². The molecule has 2 aromatic carbocycles. The molecule has 128 valence electrons. The fourth-order valence-corrected chi connectivity index (χ4v) is 3.07. The number of nitriles is 1. The number of rotatable bonds is 4. The van der Waals surface area contributed by atoms with Gasteiger partial charge in [0.05, 0.1) is 22.2 Å². The van der Waals surface area contributed by atoms with Gasteiger partial charge in [-0.25, -0.2) is 4.79 Å². The van der Waals surface area contributed by atoms with Crippen molar-refractivity contribution in [2.24, 2.45) is 0 Å². The van der Waals surface area contributed by atoms with Crippen LogP contribution in [0.4, 0.5) is 0 Å². The molecule has 1 aromatic heterocycles. The molecule has 0 radical (unpaired) electrons. The first kappa shape index (κ1) is 17.8. The molecule has 0 aliphatic carbocycles. The number of halogens is 2. The average Bonchev–Trinajstić information content (AvgIpc) is 3.08. The van der Waals surface area contributed by atoms with Crippen molar-refractivity contribution in [2.75, 3.05) is 0 Å². The van der Waals surface area contributed by atoms with E-state index in [4.69, 9.17) is 23.2 Å². The first-order valence-electron chi connectivity index (χ1n) is 7.58. The smallest absolute Gasteiger partial charge is 0.335 e. The third kappa shape index (κ3) is 3.65. The molecule has 0 atom stereocenters. The molecule has 0 aliphatic heterocycles. The number of carboxylic acid groups (broad SMARTS) is 1. The van der Waals surface area contributed by atoms with Crippen LogP contribution >= 0.6 is 23.2 Å².